The molecule has 3 nitrogen and oxygen atoms in total. The van der Waals surface area contributed by atoms with Gasteiger partial charge in [0.15, 0.2) is 5.03 Å². The summed E-state index contributed by atoms with van der Waals surface area (Å²) in [4.78, 5) is 16.6. The minimum Gasteiger partial charge on any atom is -0.280 e. The second-order valence-corrected chi connectivity index (χ2v) is 6.24. The van der Waals surface area contributed by atoms with Gasteiger partial charge in [-0.05, 0) is 36.4 Å². The van der Waals surface area contributed by atoms with Gasteiger partial charge in [-0.3, -0.25) is 9.36 Å². The van der Waals surface area contributed by atoms with Gasteiger partial charge < -0.3 is 0 Å². The van der Waals surface area contributed by atoms with Crippen LogP contribution < -0.4 is 5.56 Å². The molecule has 1 aromatic heterocycles. The summed E-state index contributed by atoms with van der Waals surface area (Å²) in [6, 6.07) is 9.97. The van der Waals surface area contributed by atoms with E-state index in [0.29, 0.717) is 16.3 Å². The van der Waals surface area contributed by atoms with Crippen molar-refractivity contribution in [3.8, 4) is 5.69 Å². The number of thioether (sulfide) groups is 1. The fourth-order valence-corrected chi connectivity index (χ4v) is 3.35. The van der Waals surface area contributed by atoms with Crippen molar-refractivity contribution in [1.29, 1.82) is 0 Å². The van der Waals surface area contributed by atoms with Crippen molar-refractivity contribution >= 4 is 23.4 Å². The molecule has 0 aliphatic rings. The first-order chi connectivity index (χ1) is 11.6. The summed E-state index contributed by atoms with van der Waals surface area (Å²) >= 11 is 7.08. The molecule has 1 heterocycles. The molecule has 0 saturated carbocycles. The molecule has 0 bridgehead atoms. The van der Waals surface area contributed by atoms with Gasteiger partial charge in [0.05, 0.1) is 0 Å². The number of hydrogen-bond acceptors (Lipinski definition) is 3. The Bertz CT molecular complexity index is 908. The molecule has 0 aliphatic heterocycles. The SMILES string of the molecule is O=c1c(SCc2c(F)cccc2Cl)nccn1-c1ccc(F)cc1. The zero-order valence-corrected chi connectivity index (χ0v) is 13.8. The van der Waals surface area contributed by atoms with Crippen LogP contribution in [-0.2, 0) is 5.75 Å². The van der Waals surface area contributed by atoms with Crippen LogP contribution in [0.2, 0.25) is 5.02 Å². The van der Waals surface area contributed by atoms with Gasteiger partial charge in [-0.25, -0.2) is 13.8 Å². The minimum absolute atomic E-state index is 0.182. The van der Waals surface area contributed by atoms with Crippen molar-refractivity contribution in [2.75, 3.05) is 0 Å². The predicted molar refractivity (Wildman–Crippen MR) is 90.8 cm³/mol. The molecule has 0 atom stereocenters. The highest BCUT2D eigenvalue weighted by Crippen LogP contribution is 2.26. The third-order valence-corrected chi connectivity index (χ3v) is 4.67. The first-order valence-corrected chi connectivity index (χ1v) is 8.32. The second kappa shape index (κ2) is 7.15. The van der Waals surface area contributed by atoms with Crippen molar-refractivity contribution in [3.63, 3.8) is 0 Å². The highest BCUT2D eigenvalue weighted by atomic mass is 35.5. The van der Waals surface area contributed by atoms with Crippen molar-refractivity contribution in [3.05, 3.63) is 87.4 Å². The number of nitrogens with zero attached hydrogens (tertiary/aromatic N) is 2. The van der Waals surface area contributed by atoms with Crippen molar-refractivity contribution in [2.24, 2.45) is 0 Å². The van der Waals surface area contributed by atoms with Crippen molar-refractivity contribution in [1.82, 2.24) is 9.55 Å². The Morgan fingerprint density at radius 3 is 2.58 bits per heavy atom. The lowest BCUT2D eigenvalue weighted by atomic mass is 10.2. The lowest BCUT2D eigenvalue weighted by Gasteiger charge is -2.08. The second-order valence-electron chi connectivity index (χ2n) is 4.87. The quantitative estimate of drug-likeness (QED) is 0.641. The summed E-state index contributed by atoms with van der Waals surface area (Å²) in [5.74, 6) is -0.629. The van der Waals surface area contributed by atoms with Crippen molar-refractivity contribution < 1.29 is 8.78 Å². The molecule has 7 heteroatoms. The van der Waals surface area contributed by atoms with Crippen LogP contribution >= 0.6 is 23.4 Å². The number of hydrogen-bond donors (Lipinski definition) is 0. The average Bonchev–Trinajstić information content (AvgIpc) is 2.57. The maximum atomic E-state index is 13.8. The average molecular weight is 365 g/mol. The van der Waals surface area contributed by atoms with Gasteiger partial charge in [0.25, 0.3) is 5.56 Å². The molecule has 0 unspecified atom stereocenters. The first-order valence-electron chi connectivity index (χ1n) is 6.95. The topological polar surface area (TPSA) is 34.9 Å². The Kier molecular flexibility index (Phi) is 4.97. The third-order valence-electron chi connectivity index (χ3n) is 3.33. The summed E-state index contributed by atoms with van der Waals surface area (Å²) in [5.41, 5.74) is 0.485. The highest BCUT2D eigenvalue weighted by Gasteiger charge is 2.11. The highest BCUT2D eigenvalue weighted by molar-refractivity contribution is 7.98. The standard InChI is InChI=1S/C17H11ClF2N2OS/c18-14-2-1-3-15(20)13(14)10-24-16-17(23)22(9-8-21-16)12-6-4-11(19)5-7-12/h1-9H,10H2. The Balaban J connectivity index is 1.89. The van der Waals surface area contributed by atoms with E-state index in [-0.39, 0.29) is 22.2 Å². The van der Waals surface area contributed by atoms with E-state index in [1.807, 2.05) is 0 Å². The first kappa shape index (κ1) is 16.7. The molecule has 0 N–H and O–H groups in total. The third kappa shape index (κ3) is 3.49. The molecule has 0 radical (unpaired) electrons. The number of rotatable bonds is 4. The Labute approximate surface area is 145 Å². The summed E-state index contributed by atoms with van der Waals surface area (Å²) in [6.07, 6.45) is 2.96. The molecule has 2 aromatic carbocycles. The summed E-state index contributed by atoms with van der Waals surface area (Å²) < 4.78 is 28.2. The largest absolute Gasteiger partial charge is 0.287 e. The van der Waals surface area contributed by atoms with E-state index in [2.05, 4.69) is 4.98 Å². The summed E-state index contributed by atoms with van der Waals surface area (Å²) in [6.45, 7) is 0. The van der Waals surface area contributed by atoms with Crippen LogP contribution in [0.1, 0.15) is 5.56 Å². The van der Waals surface area contributed by atoms with Crippen LogP contribution in [0.4, 0.5) is 8.78 Å². The van der Waals surface area contributed by atoms with Gasteiger partial charge in [0.2, 0.25) is 0 Å². The van der Waals surface area contributed by atoms with Crippen LogP contribution in [0.5, 0.6) is 0 Å². The number of halogens is 3. The molecule has 0 aliphatic carbocycles. The van der Waals surface area contributed by atoms with E-state index in [1.165, 1.54) is 53.4 Å². The number of benzene rings is 2. The van der Waals surface area contributed by atoms with Gasteiger partial charge in [-0.15, -0.1) is 0 Å². The zero-order valence-electron chi connectivity index (χ0n) is 12.2. The van der Waals surface area contributed by atoms with Gasteiger partial charge in [0, 0.05) is 34.4 Å². The molecule has 3 aromatic rings. The van der Waals surface area contributed by atoms with Crippen LogP contribution in [0, 0.1) is 11.6 Å². The molecule has 0 saturated heterocycles. The Morgan fingerprint density at radius 2 is 1.88 bits per heavy atom. The smallest absolute Gasteiger partial charge is 0.280 e. The van der Waals surface area contributed by atoms with Gasteiger partial charge in [0.1, 0.15) is 11.6 Å². The molecule has 0 amide bonds. The molecule has 122 valence electrons. The molecule has 3 rings (SSSR count). The molecule has 24 heavy (non-hydrogen) atoms. The van der Waals surface area contributed by atoms with Crippen LogP contribution in [0.25, 0.3) is 5.69 Å². The maximum absolute atomic E-state index is 13.8. The molecule has 0 fully saturated rings. The minimum atomic E-state index is -0.426. The van der Waals surface area contributed by atoms with Gasteiger partial charge in [-0.1, -0.05) is 29.4 Å². The van der Waals surface area contributed by atoms with E-state index in [0.717, 1.165) is 11.8 Å². The Morgan fingerprint density at radius 1 is 1.12 bits per heavy atom. The van der Waals surface area contributed by atoms with Crippen LogP contribution in [0.15, 0.2) is 64.7 Å². The van der Waals surface area contributed by atoms with E-state index in [4.69, 9.17) is 11.6 Å². The molecular weight excluding hydrogens is 354 g/mol. The van der Waals surface area contributed by atoms with E-state index >= 15 is 0 Å². The fourth-order valence-electron chi connectivity index (χ4n) is 2.11. The normalized spacial score (nSPS) is 10.8. The zero-order chi connectivity index (χ0) is 17.1. The predicted octanol–water partition coefficient (Wildman–Crippen LogP) is 4.46. The number of aromatic nitrogens is 2. The monoisotopic (exact) mass is 364 g/mol. The maximum Gasteiger partial charge on any atom is 0.287 e. The van der Waals surface area contributed by atoms with Crippen LogP contribution in [0.3, 0.4) is 0 Å². The fraction of sp³-hybridized carbons (Fsp3) is 0.0588. The summed E-state index contributed by atoms with van der Waals surface area (Å²) in [5, 5.41) is 0.512. The molecule has 0 spiro atoms. The van der Waals surface area contributed by atoms with Gasteiger partial charge >= 0.3 is 0 Å². The lowest BCUT2D eigenvalue weighted by Crippen LogP contribution is -2.20. The van der Waals surface area contributed by atoms with Gasteiger partial charge in [-0.2, -0.15) is 0 Å². The van der Waals surface area contributed by atoms with E-state index < -0.39 is 5.82 Å². The van der Waals surface area contributed by atoms with E-state index in [9.17, 15) is 13.6 Å². The van der Waals surface area contributed by atoms with E-state index in [1.54, 1.807) is 6.07 Å². The van der Waals surface area contributed by atoms with Crippen LogP contribution in [-0.4, -0.2) is 9.55 Å². The molecular formula is C17H11ClF2N2OS. The summed E-state index contributed by atoms with van der Waals surface area (Å²) in [7, 11) is 0. The lowest BCUT2D eigenvalue weighted by molar-refractivity contribution is 0.617. The van der Waals surface area contributed by atoms with Crippen molar-refractivity contribution in [2.45, 2.75) is 10.8 Å². The Hall–Kier alpha value is -2.18.